The molecular weight excluding hydrogens is 347 g/mol. The zero-order valence-corrected chi connectivity index (χ0v) is 14.5. The molecule has 8 heteroatoms. The van der Waals surface area contributed by atoms with Gasteiger partial charge in [-0.25, -0.2) is 9.37 Å². The average Bonchev–Trinajstić information content (AvgIpc) is 2.56. The van der Waals surface area contributed by atoms with Crippen molar-refractivity contribution in [1.29, 1.82) is 0 Å². The maximum atomic E-state index is 14.6. The van der Waals surface area contributed by atoms with E-state index >= 15 is 0 Å². The largest absolute Gasteiger partial charge is 0.366 e. The van der Waals surface area contributed by atoms with E-state index < -0.39 is 4.92 Å². The minimum Gasteiger partial charge on any atom is -0.366 e. The fraction of sp³-hybridized carbons (Fsp3) is 0.353. The highest BCUT2D eigenvalue weighted by atomic mass is 35.5. The van der Waals surface area contributed by atoms with Crippen LogP contribution >= 0.6 is 11.6 Å². The molecule has 1 unspecified atom stereocenters. The summed E-state index contributed by atoms with van der Waals surface area (Å²) in [6.07, 6.45) is 3.24. The number of hydrogen-bond donors (Lipinski definition) is 1. The van der Waals surface area contributed by atoms with Crippen molar-refractivity contribution in [2.24, 2.45) is 0 Å². The Kier molecular flexibility index (Phi) is 5.03. The minimum atomic E-state index is -0.564. The van der Waals surface area contributed by atoms with E-state index in [1.54, 1.807) is 12.1 Å². The highest BCUT2D eigenvalue weighted by molar-refractivity contribution is 6.29. The van der Waals surface area contributed by atoms with Crippen molar-refractivity contribution in [3.63, 3.8) is 0 Å². The van der Waals surface area contributed by atoms with Gasteiger partial charge < -0.3 is 10.2 Å². The van der Waals surface area contributed by atoms with Gasteiger partial charge in [0.25, 0.3) is 0 Å². The normalized spacial score (nSPS) is 17.4. The summed E-state index contributed by atoms with van der Waals surface area (Å²) in [5.74, 6) is -0.389. The highest BCUT2D eigenvalue weighted by Gasteiger charge is 2.22. The van der Waals surface area contributed by atoms with Crippen molar-refractivity contribution >= 4 is 34.5 Å². The van der Waals surface area contributed by atoms with Gasteiger partial charge in [-0.05, 0) is 50.5 Å². The summed E-state index contributed by atoms with van der Waals surface area (Å²) in [6, 6.07) is 7.59. The summed E-state index contributed by atoms with van der Waals surface area (Å²) in [7, 11) is 0. The SMILES string of the molecule is CC1CCCCN1c1ccc(Nc2nc(Cl)ccc2[N+](=O)[O-])cc1F. The molecule has 1 aliphatic heterocycles. The number of nitrogens with zero attached hydrogens (tertiary/aromatic N) is 3. The molecule has 2 heterocycles. The minimum absolute atomic E-state index is 0.0176. The van der Waals surface area contributed by atoms with Crippen LogP contribution in [0, 0.1) is 15.9 Å². The van der Waals surface area contributed by atoms with Gasteiger partial charge in [-0.3, -0.25) is 10.1 Å². The van der Waals surface area contributed by atoms with Gasteiger partial charge in [0.2, 0.25) is 5.82 Å². The Bertz CT molecular complexity index is 802. The summed E-state index contributed by atoms with van der Waals surface area (Å²) in [4.78, 5) is 16.5. The lowest BCUT2D eigenvalue weighted by molar-refractivity contribution is -0.384. The molecule has 1 aromatic heterocycles. The second-order valence-corrected chi connectivity index (χ2v) is 6.48. The van der Waals surface area contributed by atoms with E-state index in [1.807, 2.05) is 0 Å². The van der Waals surface area contributed by atoms with E-state index in [1.165, 1.54) is 18.2 Å². The predicted molar refractivity (Wildman–Crippen MR) is 96.2 cm³/mol. The van der Waals surface area contributed by atoms with Crippen LogP contribution in [0.5, 0.6) is 0 Å². The van der Waals surface area contributed by atoms with Crippen LogP contribution in [-0.2, 0) is 0 Å². The van der Waals surface area contributed by atoms with Gasteiger partial charge in [-0.2, -0.15) is 0 Å². The molecule has 0 amide bonds. The molecule has 1 aromatic carbocycles. The molecule has 0 aliphatic carbocycles. The summed E-state index contributed by atoms with van der Waals surface area (Å²) >= 11 is 5.81. The number of aromatic nitrogens is 1. The van der Waals surface area contributed by atoms with Crippen molar-refractivity contribution in [2.75, 3.05) is 16.8 Å². The Balaban J connectivity index is 1.87. The van der Waals surface area contributed by atoms with Crippen LogP contribution in [0.3, 0.4) is 0 Å². The lowest BCUT2D eigenvalue weighted by atomic mass is 10.0. The van der Waals surface area contributed by atoms with E-state index in [9.17, 15) is 14.5 Å². The van der Waals surface area contributed by atoms with Crippen LogP contribution in [-0.4, -0.2) is 22.5 Å². The molecule has 0 bridgehead atoms. The Morgan fingerprint density at radius 2 is 2.16 bits per heavy atom. The number of pyridine rings is 1. The number of nitro groups is 1. The van der Waals surface area contributed by atoms with Crippen LogP contribution in [0.15, 0.2) is 30.3 Å². The first-order valence-electron chi connectivity index (χ1n) is 8.10. The topological polar surface area (TPSA) is 71.3 Å². The number of nitrogens with one attached hydrogen (secondary N) is 1. The summed E-state index contributed by atoms with van der Waals surface area (Å²) in [5, 5.41) is 14.0. The number of benzene rings is 1. The van der Waals surface area contributed by atoms with E-state index in [4.69, 9.17) is 11.6 Å². The Morgan fingerprint density at radius 1 is 1.36 bits per heavy atom. The number of halogens is 2. The summed E-state index contributed by atoms with van der Waals surface area (Å²) in [6.45, 7) is 2.91. The van der Waals surface area contributed by atoms with Gasteiger partial charge in [0.15, 0.2) is 0 Å². The maximum Gasteiger partial charge on any atom is 0.311 e. The molecule has 132 valence electrons. The second kappa shape index (κ2) is 7.23. The molecule has 1 atom stereocenters. The van der Waals surface area contributed by atoms with Gasteiger partial charge in [0.05, 0.1) is 10.6 Å². The zero-order chi connectivity index (χ0) is 18.0. The molecule has 25 heavy (non-hydrogen) atoms. The van der Waals surface area contributed by atoms with Crippen molar-refractivity contribution in [3.8, 4) is 0 Å². The van der Waals surface area contributed by atoms with Gasteiger partial charge in [-0.15, -0.1) is 0 Å². The number of piperidine rings is 1. The van der Waals surface area contributed by atoms with Crippen molar-refractivity contribution in [1.82, 2.24) is 4.98 Å². The third kappa shape index (κ3) is 3.82. The van der Waals surface area contributed by atoms with Gasteiger partial charge in [-0.1, -0.05) is 11.6 Å². The molecule has 1 fully saturated rings. The third-order valence-electron chi connectivity index (χ3n) is 4.36. The summed E-state index contributed by atoms with van der Waals surface area (Å²) in [5.41, 5.74) is 0.702. The van der Waals surface area contributed by atoms with Gasteiger partial charge in [0.1, 0.15) is 11.0 Å². The van der Waals surface area contributed by atoms with E-state index in [0.29, 0.717) is 11.4 Å². The fourth-order valence-electron chi connectivity index (χ4n) is 3.08. The van der Waals surface area contributed by atoms with Crippen molar-refractivity contribution in [2.45, 2.75) is 32.2 Å². The molecule has 0 saturated carbocycles. The van der Waals surface area contributed by atoms with Crippen LogP contribution in [0.4, 0.5) is 27.3 Å². The fourth-order valence-corrected chi connectivity index (χ4v) is 3.23. The lowest BCUT2D eigenvalue weighted by Crippen LogP contribution is -2.37. The van der Waals surface area contributed by atoms with E-state index in [2.05, 4.69) is 22.1 Å². The molecule has 6 nitrogen and oxygen atoms in total. The zero-order valence-electron chi connectivity index (χ0n) is 13.7. The van der Waals surface area contributed by atoms with Crippen molar-refractivity contribution < 1.29 is 9.31 Å². The van der Waals surface area contributed by atoms with Gasteiger partial charge >= 0.3 is 5.69 Å². The first kappa shape index (κ1) is 17.4. The molecule has 0 radical (unpaired) electrons. The third-order valence-corrected chi connectivity index (χ3v) is 4.57. The number of hydrogen-bond acceptors (Lipinski definition) is 5. The van der Waals surface area contributed by atoms with E-state index in [-0.39, 0.29) is 28.5 Å². The maximum absolute atomic E-state index is 14.6. The van der Waals surface area contributed by atoms with Crippen LogP contribution in [0.1, 0.15) is 26.2 Å². The Hall–Kier alpha value is -2.41. The lowest BCUT2D eigenvalue weighted by Gasteiger charge is -2.35. The quantitative estimate of drug-likeness (QED) is 0.474. The molecule has 0 spiro atoms. The van der Waals surface area contributed by atoms with Crippen molar-refractivity contribution in [3.05, 3.63) is 51.4 Å². The first-order valence-corrected chi connectivity index (χ1v) is 8.47. The van der Waals surface area contributed by atoms with Crippen LogP contribution in [0.2, 0.25) is 5.15 Å². The average molecular weight is 365 g/mol. The molecule has 1 aliphatic rings. The first-order chi connectivity index (χ1) is 12.0. The molecule has 3 rings (SSSR count). The Labute approximate surface area is 149 Å². The van der Waals surface area contributed by atoms with Crippen LogP contribution < -0.4 is 10.2 Å². The predicted octanol–water partition coefficient (Wildman–Crippen LogP) is 4.90. The molecule has 1 saturated heterocycles. The molecule has 2 aromatic rings. The van der Waals surface area contributed by atoms with Crippen LogP contribution in [0.25, 0.3) is 0 Å². The number of rotatable bonds is 4. The summed E-state index contributed by atoms with van der Waals surface area (Å²) < 4.78 is 14.6. The molecule has 1 N–H and O–H groups in total. The molecular formula is C17H18ClFN4O2. The van der Waals surface area contributed by atoms with Gasteiger partial charge in [0, 0.05) is 24.3 Å². The monoisotopic (exact) mass is 364 g/mol. The Morgan fingerprint density at radius 3 is 2.84 bits per heavy atom. The second-order valence-electron chi connectivity index (χ2n) is 6.09. The van der Waals surface area contributed by atoms with E-state index in [0.717, 1.165) is 25.8 Å². The standard InChI is InChI=1S/C17H18ClFN4O2/c1-11-4-2-3-9-22(11)14-6-5-12(10-13(14)19)20-17-15(23(24)25)7-8-16(18)21-17/h5-8,10-11H,2-4,9H2,1H3,(H,20,21). The highest BCUT2D eigenvalue weighted by Crippen LogP contribution is 2.31. The smallest absolute Gasteiger partial charge is 0.311 e. The number of anilines is 3.